The Morgan fingerprint density at radius 1 is 0.895 bits per heavy atom. The van der Waals surface area contributed by atoms with E-state index in [1.807, 2.05) is 18.2 Å². The van der Waals surface area contributed by atoms with Crippen molar-refractivity contribution in [3.8, 4) is 0 Å². The number of anilines is 3. The summed E-state index contributed by atoms with van der Waals surface area (Å²) in [7, 11) is 2.10. The molecule has 2 aromatic rings. The van der Waals surface area contributed by atoms with E-state index in [1.54, 1.807) is 0 Å². The molecule has 2 aromatic carbocycles. The topological polar surface area (TPSA) is 29.3 Å². The first-order chi connectivity index (χ1) is 9.24. The molecule has 0 amide bonds. The summed E-state index contributed by atoms with van der Waals surface area (Å²) >= 11 is 0. The minimum atomic E-state index is 0.808. The van der Waals surface area contributed by atoms with Gasteiger partial charge < -0.3 is 10.6 Å². The maximum atomic E-state index is 5.86. The second kappa shape index (κ2) is 4.96. The number of nitrogen functional groups attached to an aromatic ring is 1. The molecule has 0 radical (unpaired) electrons. The zero-order chi connectivity index (χ0) is 13.2. The summed E-state index contributed by atoms with van der Waals surface area (Å²) in [4.78, 5) is 2.20. The second-order valence-corrected chi connectivity index (χ2v) is 5.31. The number of hydrogen-bond acceptors (Lipinski definition) is 2. The van der Waals surface area contributed by atoms with Crippen LogP contribution in [0.3, 0.4) is 0 Å². The molecule has 1 aliphatic rings. The third-order valence-electron chi connectivity index (χ3n) is 3.98. The smallest absolute Gasteiger partial charge is 0.0428 e. The Morgan fingerprint density at radius 2 is 1.63 bits per heavy atom. The number of aryl methyl sites for hydroxylation is 2. The maximum absolute atomic E-state index is 5.86. The van der Waals surface area contributed by atoms with Gasteiger partial charge in [0.2, 0.25) is 0 Å². The molecule has 0 saturated heterocycles. The van der Waals surface area contributed by atoms with E-state index in [0.29, 0.717) is 0 Å². The lowest BCUT2D eigenvalue weighted by molar-refractivity contribution is 0.685. The predicted molar refractivity (Wildman–Crippen MR) is 82.0 cm³/mol. The van der Waals surface area contributed by atoms with Gasteiger partial charge in [-0.3, -0.25) is 0 Å². The van der Waals surface area contributed by atoms with Crippen molar-refractivity contribution in [1.29, 1.82) is 0 Å². The van der Waals surface area contributed by atoms with Crippen LogP contribution in [0.1, 0.15) is 24.0 Å². The summed E-state index contributed by atoms with van der Waals surface area (Å²) in [5, 5.41) is 0. The fourth-order valence-electron chi connectivity index (χ4n) is 2.81. The summed E-state index contributed by atoms with van der Waals surface area (Å²) in [5.74, 6) is 0. The van der Waals surface area contributed by atoms with Gasteiger partial charge in [0.1, 0.15) is 0 Å². The van der Waals surface area contributed by atoms with Crippen molar-refractivity contribution >= 4 is 17.1 Å². The number of fused-ring (bicyclic) bond motifs is 1. The summed E-state index contributed by atoms with van der Waals surface area (Å²) in [6, 6.07) is 14.9. The Bertz CT molecular complexity index is 590. The predicted octanol–water partition coefficient (Wildman–Crippen LogP) is 3.92. The lowest BCUT2D eigenvalue weighted by Crippen LogP contribution is -2.11. The fraction of sp³-hybridized carbons (Fsp3) is 0.294. The standard InChI is InChI=1S/C17H20N2/c1-19(16-8-4-7-15(18)12-16)17-10-9-13-5-2-3-6-14(13)11-17/h4,7-12H,2-3,5-6,18H2,1H3. The van der Waals surface area contributed by atoms with Crippen LogP contribution >= 0.6 is 0 Å². The minimum Gasteiger partial charge on any atom is -0.399 e. The molecule has 1 aliphatic carbocycles. The molecular weight excluding hydrogens is 232 g/mol. The summed E-state index contributed by atoms with van der Waals surface area (Å²) < 4.78 is 0. The van der Waals surface area contributed by atoms with Crippen LogP contribution in [-0.2, 0) is 12.8 Å². The zero-order valence-electron chi connectivity index (χ0n) is 11.4. The first-order valence-electron chi connectivity index (χ1n) is 6.95. The van der Waals surface area contributed by atoms with Crippen molar-refractivity contribution < 1.29 is 0 Å². The highest BCUT2D eigenvalue weighted by Gasteiger charge is 2.11. The first-order valence-corrected chi connectivity index (χ1v) is 6.95. The number of rotatable bonds is 2. The number of hydrogen-bond donors (Lipinski definition) is 1. The normalized spacial score (nSPS) is 13.9. The maximum Gasteiger partial charge on any atom is 0.0428 e. The van der Waals surface area contributed by atoms with Gasteiger partial charge in [0, 0.05) is 24.1 Å². The third-order valence-corrected chi connectivity index (χ3v) is 3.98. The van der Waals surface area contributed by atoms with Gasteiger partial charge in [-0.2, -0.15) is 0 Å². The lowest BCUT2D eigenvalue weighted by Gasteiger charge is -2.23. The van der Waals surface area contributed by atoms with E-state index in [4.69, 9.17) is 5.73 Å². The molecular formula is C17H20N2. The van der Waals surface area contributed by atoms with Crippen molar-refractivity contribution in [2.75, 3.05) is 17.7 Å². The third kappa shape index (κ3) is 2.43. The molecule has 2 heteroatoms. The minimum absolute atomic E-state index is 0.808. The highest BCUT2D eigenvalue weighted by molar-refractivity contribution is 5.66. The zero-order valence-corrected chi connectivity index (χ0v) is 11.4. The Balaban J connectivity index is 1.93. The van der Waals surface area contributed by atoms with Crippen molar-refractivity contribution in [2.45, 2.75) is 25.7 Å². The van der Waals surface area contributed by atoms with Gasteiger partial charge in [0.25, 0.3) is 0 Å². The van der Waals surface area contributed by atoms with Crippen LogP contribution < -0.4 is 10.6 Å². The van der Waals surface area contributed by atoms with E-state index in [0.717, 1.165) is 11.4 Å². The number of benzene rings is 2. The average molecular weight is 252 g/mol. The van der Waals surface area contributed by atoms with Crippen LogP contribution in [-0.4, -0.2) is 7.05 Å². The molecule has 0 bridgehead atoms. The Morgan fingerprint density at radius 3 is 2.42 bits per heavy atom. The van der Waals surface area contributed by atoms with Crippen LogP contribution in [0.25, 0.3) is 0 Å². The molecule has 0 unspecified atom stereocenters. The molecule has 2 nitrogen and oxygen atoms in total. The highest BCUT2D eigenvalue weighted by Crippen LogP contribution is 2.29. The number of nitrogens with two attached hydrogens (primary N) is 1. The van der Waals surface area contributed by atoms with Crippen LogP contribution in [0.5, 0.6) is 0 Å². The summed E-state index contributed by atoms with van der Waals surface area (Å²) in [5.41, 5.74) is 12.1. The Kier molecular flexibility index (Phi) is 3.16. The van der Waals surface area contributed by atoms with E-state index < -0.39 is 0 Å². The van der Waals surface area contributed by atoms with Crippen molar-refractivity contribution in [3.05, 3.63) is 53.6 Å². The van der Waals surface area contributed by atoms with Crippen LogP contribution in [0, 0.1) is 0 Å². The monoisotopic (exact) mass is 252 g/mol. The van der Waals surface area contributed by atoms with Gasteiger partial charge >= 0.3 is 0 Å². The lowest BCUT2D eigenvalue weighted by atomic mass is 9.91. The van der Waals surface area contributed by atoms with E-state index >= 15 is 0 Å². The van der Waals surface area contributed by atoms with Gasteiger partial charge in [0.15, 0.2) is 0 Å². The van der Waals surface area contributed by atoms with E-state index in [1.165, 1.54) is 42.5 Å². The second-order valence-electron chi connectivity index (χ2n) is 5.31. The van der Waals surface area contributed by atoms with Crippen molar-refractivity contribution in [3.63, 3.8) is 0 Å². The quantitative estimate of drug-likeness (QED) is 0.821. The van der Waals surface area contributed by atoms with E-state index in [9.17, 15) is 0 Å². The molecule has 2 N–H and O–H groups in total. The molecule has 0 saturated carbocycles. The van der Waals surface area contributed by atoms with Crippen molar-refractivity contribution in [2.24, 2.45) is 0 Å². The van der Waals surface area contributed by atoms with Crippen LogP contribution in [0.2, 0.25) is 0 Å². The molecule has 0 spiro atoms. The first kappa shape index (κ1) is 12.1. The van der Waals surface area contributed by atoms with Crippen LogP contribution in [0.15, 0.2) is 42.5 Å². The Labute approximate surface area is 114 Å². The molecule has 0 aliphatic heterocycles. The number of nitrogens with zero attached hydrogens (tertiary/aromatic N) is 1. The van der Waals surface area contributed by atoms with Crippen molar-refractivity contribution in [1.82, 2.24) is 0 Å². The van der Waals surface area contributed by atoms with Gasteiger partial charge in [-0.1, -0.05) is 12.1 Å². The molecule has 0 fully saturated rings. The highest BCUT2D eigenvalue weighted by atomic mass is 15.1. The van der Waals surface area contributed by atoms with Crippen LogP contribution in [0.4, 0.5) is 17.1 Å². The molecule has 3 rings (SSSR count). The molecule has 0 atom stereocenters. The largest absolute Gasteiger partial charge is 0.399 e. The molecule has 98 valence electrons. The van der Waals surface area contributed by atoms with Gasteiger partial charge in [-0.25, -0.2) is 0 Å². The fourth-order valence-corrected chi connectivity index (χ4v) is 2.81. The molecule has 0 heterocycles. The van der Waals surface area contributed by atoms with E-state index in [-0.39, 0.29) is 0 Å². The summed E-state index contributed by atoms with van der Waals surface area (Å²) in [6.45, 7) is 0. The van der Waals surface area contributed by atoms with Gasteiger partial charge in [0.05, 0.1) is 0 Å². The summed E-state index contributed by atoms with van der Waals surface area (Å²) in [6.07, 6.45) is 5.10. The Hall–Kier alpha value is -1.96. The average Bonchev–Trinajstić information content (AvgIpc) is 2.46. The SMILES string of the molecule is CN(c1cccc(N)c1)c1ccc2c(c1)CCCC2. The molecule has 19 heavy (non-hydrogen) atoms. The van der Waals surface area contributed by atoms with Gasteiger partial charge in [-0.15, -0.1) is 0 Å². The molecule has 0 aromatic heterocycles. The van der Waals surface area contributed by atoms with Gasteiger partial charge in [-0.05, 0) is 67.1 Å². The van der Waals surface area contributed by atoms with E-state index in [2.05, 4.69) is 36.2 Å².